The molecular weight excluding hydrogens is 462 g/mol. The van der Waals surface area contributed by atoms with Crippen LogP contribution in [0, 0.1) is 0 Å². The third-order valence-corrected chi connectivity index (χ3v) is 5.82. The third kappa shape index (κ3) is 6.21. The molecule has 0 saturated heterocycles. The first kappa shape index (κ1) is 23.9. The maximum atomic E-state index is 12.5. The summed E-state index contributed by atoms with van der Waals surface area (Å²) in [7, 11) is 0. The molecule has 0 radical (unpaired) electrons. The van der Waals surface area contributed by atoms with E-state index in [4.69, 9.17) is 4.74 Å². The highest BCUT2D eigenvalue weighted by Gasteiger charge is 2.17. The SMILES string of the molecule is CC(=O)Oc1ccc(/C(C)=N/NC(=O)CSc2nnc(-c3ccccc3)n2-c2ccccc2)cc1. The summed E-state index contributed by atoms with van der Waals surface area (Å²) in [6, 6.07) is 26.5. The van der Waals surface area contributed by atoms with E-state index in [-0.39, 0.29) is 17.6 Å². The van der Waals surface area contributed by atoms with Crippen molar-refractivity contribution in [1.82, 2.24) is 20.2 Å². The zero-order valence-corrected chi connectivity index (χ0v) is 20.0. The van der Waals surface area contributed by atoms with Gasteiger partial charge in [0.2, 0.25) is 0 Å². The first-order chi connectivity index (χ1) is 17.0. The molecule has 35 heavy (non-hydrogen) atoms. The van der Waals surface area contributed by atoms with Crippen molar-refractivity contribution in [2.75, 3.05) is 5.75 Å². The molecule has 176 valence electrons. The van der Waals surface area contributed by atoms with E-state index >= 15 is 0 Å². The van der Waals surface area contributed by atoms with Gasteiger partial charge in [-0.1, -0.05) is 60.3 Å². The average molecular weight is 486 g/mol. The van der Waals surface area contributed by atoms with Crippen molar-refractivity contribution in [3.8, 4) is 22.8 Å². The second-order valence-corrected chi connectivity index (χ2v) is 8.42. The summed E-state index contributed by atoms with van der Waals surface area (Å²) in [5.41, 5.74) is 5.84. The summed E-state index contributed by atoms with van der Waals surface area (Å²) in [5, 5.41) is 13.5. The molecule has 0 saturated carbocycles. The topological polar surface area (TPSA) is 98.5 Å². The van der Waals surface area contributed by atoms with Crippen LogP contribution in [0.5, 0.6) is 5.75 Å². The molecular formula is C26H23N5O3S. The number of hydrazone groups is 1. The van der Waals surface area contributed by atoms with Gasteiger partial charge in [-0.2, -0.15) is 5.10 Å². The second kappa shape index (κ2) is 11.3. The third-order valence-electron chi connectivity index (χ3n) is 4.89. The Bertz CT molecular complexity index is 1340. The van der Waals surface area contributed by atoms with Crippen LogP contribution in [0.3, 0.4) is 0 Å². The molecule has 0 spiro atoms. The first-order valence-electron chi connectivity index (χ1n) is 10.8. The molecule has 1 heterocycles. The fraction of sp³-hybridized carbons (Fsp3) is 0.115. The lowest BCUT2D eigenvalue weighted by Crippen LogP contribution is -2.21. The summed E-state index contributed by atoms with van der Waals surface area (Å²) in [5.74, 6) is 0.612. The Morgan fingerprint density at radius 3 is 2.23 bits per heavy atom. The predicted molar refractivity (Wildman–Crippen MR) is 136 cm³/mol. The molecule has 0 fully saturated rings. The van der Waals surface area contributed by atoms with Gasteiger partial charge in [0.1, 0.15) is 5.75 Å². The zero-order chi connectivity index (χ0) is 24.6. The number of aromatic nitrogens is 3. The smallest absolute Gasteiger partial charge is 0.308 e. The number of amides is 1. The van der Waals surface area contributed by atoms with Crippen molar-refractivity contribution < 1.29 is 14.3 Å². The van der Waals surface area contributed by atoms with Crippen molar-refractivity contribution in [1.29, 1.82) is 0 Å². The fourth-order valence-corrected chi connectivity index (χ4v) is 3.99. The van der Waals surface area contributed by atoms with E-state index < -0.39 is 0 Å². The monoisotopic (exact) mass is 485 g/mol. The molecule has 4 aromatic rings. The standard InChI is InChI=1S/C26H23N5O3S/c1-18(20-13-15-23(16-14-20)34-19(2)32)27-28-24(33)17-35-26-30-29-25(21-9-5-3-6-10-21)31(26)22-11-7-4-8-12-22/h3-16H,17H2,1-2H3,(H,28,33)/b27-18+. The van der Waals surface area contributed by atoms with Crippen molar-refractivity contribution >= 4 is 29.4 Å². The molecule has 1 aromatic heterocycles. The summed E-state index contributed by atoms with van der Waals surface area (Å²) in [6.07, 6.45) is 0. The summed E-state index contributed by atoms with van der Waals surface area (Å²) in [4.78, 5) is 23.5. The van der Waals surface area contributed by atoms with Gasteiger partial charge >= 0.3 is 5.97 Å². The Labute approximate surface area is 207 Å². The minimum atomic E-state index is -0.383. The van der Waals surface area contributed by atoms with E-state index in [1.165, 1.54) is 18.7 Å². The van der Waals surface area contributed by atoms with E-state index in [1.54, 1.807) is 31.2 Å². The maximum Gasteiger partial charge on any atom is 0.308 e. The van der Waals surface area contributed by atoms with E-state index in [0.717, 1.165) is 16.8 Å². The number of esters is 1. The minimum Gasteiger partial charge on any atom is -0.427 e. The molecule has 0 unspecified atom stereocenters. The van der Waals surface area contributed by atoms with Crippen molar-refractivity contribution in [2.24, 2.45) is 5.10 Å². The quantitative estimate of drug-likeness (QED) is 0.130. The van der Waals surface area contributed by atoms with E-state index in [0.29, 0.717) is 22.4 Å². The first-order valence-corrected chi connectivity index (χ1v) is 11.8. The Balaban J connectivity index is 1.44. The Hall–Kier alpha value is -4.24. The Kier molecular flexibility index (Phi) is 7.69. The van der Waals surface area contributed by atoms with Gasteiger partial charge in [0.25, 0.3) is 5.91 Å². The normalized spacial score (nSPS) is 11.2. The average Bonchev–Trinajstić information content (AvgIpc) is 3.31. The van der Waals surface area contributed by atoms with E-state index in [2.05, 4.69) is 20.7 Å². The number of thioether (sulfide) groups is 1. The van der Waals surface area contributed by atoms with Crippen LogP contribution in [0.15, 0.2) is 95.2 Å². The van der Waals surface area contributed by atoms with Crippen LogP contribution < -0.4 is 10.2 Å². The van der Waals surface area contributed by atoms with Crippen molar-refractivity contribution in [3.63, 3.8) is 0 Å². The van der Waals surface area contributed by atoms with E-state index in [9.17, 15) is 9.59 Å². The number of hydrogen-bond acceptors (Lipinski definition) is 7. The highest BCUT2D eigenvalue weighted by atomic mass is 32.2. The number of rotatable bonds is 8. The van der Waals surface area contributed by atoms with Gasteiger partial charge in [0, 0.05) is 18.2 Å². The van der Waals surface area contributed by atoms with E-state index in [1.807, 2.05) is 65.2 Å². The Morgan fingerprint density at radius 1 is 0.914 bits per heavy atom. The van der Waals surface area contributed by atoms with Crippen LogP contribution in [-0.4, -0.2) is 38.1 Å². The van der Waals surface area contributed by atoms with Crippen LogP contribution in [0.1, 0.15) is 19.4 Å². The molecule has 0 aliphatic rings. The van der Waals surface area contributed by atoms with Gasteiger partial charge in [0.15, 0.2) is 11.0 Å². The fourth-order valence-electron chi connectivity index (χ4n) is 3.25. The lowest BCUT2D eigenvalue weighted by molar-refractivity contribution is -0.131. The maximum absolute atomic E-state index is 12.5. The number of hydrogen-bond donors (Lipinski definition) is 1. The predicted octanol–water partition coefficient (Wildman–Crippen LogP) is 4.49. The largest absolute Gasteiger partial charge is 0.427 e. The number of carbonyl (C=O) groups is 2. The molecule has 8 nitrogen and oxygen atoms in total. The number of nitrogens with one attached hydrogen (secondary N) is 1. The van der Waals surface area contributed by atoms with Gasteiger partial charge < -0.3 is 4.74 Å². The van der Waals surface area contributed by atoms with Gasteiger partial charge in [-0.05, 0) is 48.9 Å². The molecule has 0 atom stereocenters. The van der Waals surface area contributed by atoms with Crippen LogP contribution in [-0.2, 0) is 9.59 Å². The molecule has 1 N–H and O–H groups in total. The summed E-state index contributed by atoms with van der Waals surface area (Å²) < 4.78 is 6.97. The molecule has 3 aromatic carbocycles. The highest BCUT2D eigenvalue weighted by molar-refractivity contribution is 7.99. The van der Waals surface area contributed by atoms with Crippen LogP contribution in [0.4, 0.5) is 0 Å². The molecule has 9 heteroatoms. The van der Waals surface area contributed by atoms with Crippen LogP contribution >= 0.6 is 11.8 Å². The second-order valence-electron chi connectivity index (χ2n) is 7.48. The van der Waals surface area contributed by atoms with Gasteiger partial charge in [-0.25, -0.2) is 5.43 Å². The lowest BCUT2D eigenvalue weighted by atomic mass is 10.1. The zero-order valence-electron chi connectivity index (χ0n) is 19.2. The minimum absolute atomic E-state index is 0.113. The lowest BCUT2D eigenvalue weighted by Gasteiger charge is -2.10. The number of carbonyl (C=O) groups excluding carboxylic acids is 2. The summed E-state index contributed by atoms with van der Waals surface area (Å²) in [6.45, 7) is 3.13. The number of benzene rings is 3. The van der Waals surface area contributed by atoms with Crippen molar-refractivity contribution in [3.05, 3.63) is 90.5 Å². The molecule has 0 aliphatic heterocycles. The van der Waals surface area contributed by atoms with Crippen LogP contribution in [0.2, 0.25) is 0 Å². The number of para-hydroxylation sites is 1. The number of nitrogens with zero attached hydrogens (tertiary/aromatic N) is 4. The van der Waals surface area contributed by atoms with Gasteiger partial charge in [-0.3, -0.25) is 14.2 Å². The van der Waals surface area contributed by atoms with Crippen molar-refractivity contribution in [2.45, 2.75) is 19.0 Å². The molecule has 1 amide bonds. The number of ether oxygens (including phenoxy) is 1. The molecule has 0 aliphatic carbocycles. The Morgan fingerprint density at radius 2 is 1.57 bits per heavy atom. The van der Waals surface area contributed by atoms with Gasteiger partial charge in [-0.15, -0.1) is 10.2 Å². The summed E-state index contributed by atoms with van der Waals surface area (Å²) >= 11 is 1.28. The highest BCUT2D eigenvalue weighted by Crippen LogP contribution is 2.27. The molecule has 0 bridgehead atoms. The van der Waals surface area contributed by atoms with Crippen LogP contribution in [0.25, 0.3) is 17.1 Å². The van der Waals surface area contributed by atoms with Gasteiger partial charge in [0.05, 0.1) is 11.5 Å². The molecule has 4 rings (SSSR count).